The van der Waals surface area contributed by atoms with Crippen LogP contribution >= 0.6 is 0 Å². The van der Waals surface area contributed by atoms with Crippen LogP contribution in [0.3, 0.4) is 0 Å². The summed E-state index contributed by atoms with van der Waals surface area (Å²) in [7, 11) is 2.27. The van der Waals surface area contributed by atoms with Gasteiger partial charge in [0.1, 0.15) is 0 Å². The maximum absolute atomic E-state index is 5.73. The molecule has 1 aliphatic rings. The van der Waals surface area contributed by atoms with Crippen molar-refractivity contribution in [1.82, 2.24) is 9.80 Å². The number of likely N-dealkylation sites (tertiary alicyclic amines) is 1. The highest BCUT2D eigenvalue weighted by Crippen LogP contribution is 2.19. The molecule has 0 radical (unpaired) electrons. The van der Waals surface area contributed by atoms with Crippen LogP contribution in [0.4, 0.5) is 0 Å². The predicted molar refractivity (Wildman–Crippen MR) is 90.5 cm³/mol. The van der Waals surface area contributed by atoms with E-state index in [9.17, 15) is 0 Å². The first-order valence-corrected chi connectivity index (χ1v) is 8.35. The average molecular weight is 289 g/mol. The Hall–Kier alpha value is -0.900. The van der Waals surface area contributed by atoms with Gasteiger partial charge in [0, 0.05) is 12.6 Å². The number of nitrogens with zero attached hydrogens (tertiary/aromatic N) is 2. The highest BCUT2D eigenvalue weighted by atomic mass is 15.2. The second kappa shape index (κ2) is 7.92. The Labute approximate surface area is 130 Å². The van der Waals surface area contributed by atoms with Crippen molar-refractivity contribution in [1.29, 1.82) is 0 Å². The van der Waals surface area contributed by atoms with Gasteiger partial charge in [-0.3, -0.25) is 4.90 Å². The van der Waals surface area contributed by atoms with Gasteiger partial charge in [-0.15, -0.1) is 0 Å². The molecule has 0 aliphatic carbocycles. The van der Waals surface area contributed by atoms with E-state index in [2.05, 4.69) is 55.0 Å². The second-order valence-electron chi connectivity index (χ2n) is 6.46. The topological polar surface area (TPSA) is 32.5 Å². The van der Waals surface area contributed by atoms with Crippen LogP contribution in [0.25, 0.3) is 0 Å². The average Bonchev–Trinajstić information content (AvgIpc) is 2.55. The van der Waals surface area contributed by atoms with Gasteiger partial charge in [0.15, 0.2) is 0 Å². The Bertz CT molecular complexity index is 407. The van der Waals surface area contributed by atoms with E-state index in [0.29, 0.717) is 5.92 Å². The monoisotopic (exact) mass is 289 g/mol. The standard InChI is InChI=1S/C18H31N3/c1-4-21-11-9-18(10-12-21)20(3)14-16-5-7-17(8-6-16)15(2)13-19/h5-8,15,18H,4,9-14,19H2,1-3H3. The molecule has 1 fully saturated rings. The lowest BCUT2D eigenvalue weighted by molar-refractivity contribution is 0.127. The van der Waals surface area contributed by atoms with E-state index in [0.717, 1.165) is 19.1 Å². The van der Waals surface area contributed by atoms with Gasteiger partial charge in [-0.1, -0.05) is 38.1 Å². The minimum absolute atomic E-state index is 0.454. The molecule has 3 nitrogen and oxygen atoms in total. The molecule has 1 aromatic carbocycles. The third kappa shape index (κ3) is 4.53. The second-order valence-corrected chi connectivity index (χ2v) is 6.46. The molecule has 21 heavy (non-hydrogen) atoms. The summed E-state index contributed by atoms with van der Waals surface area (Å²) in [6.07, 6.45) is 2.60. The molecule has 0 saturated carbocycles. The van der Waals surface area contributed by atoms with Gasteiger partial charge in [0.05, 0.1) is 0 Å². The molecule has 0 aromatic heterocycles. The SMILES string of the molecule is CCN1CCC(N(C)Cc2ccc(C(C)CN)cc2)CC1. The van der Waals surface area contributed by atoms with Crippen molar-refractivity contribution in [3.05, 3.63) is 35.4 Å². The Kier molecular flexibility index (Phi) is 6.22. The molecule has 3 heteroatoms. The van der Waals surface area contributed by atoms with Crippen molar-refractivity contribution < 1.29 is 0 Å². The van der Waals surface area contributed by atoms with Gasteiger partial charge in [-0.2, -0.15) is 0 Å². The first-order chi connectivity index (χ1) is 10.1. The minimum Gasteiger partial charge on any atom is -0.330 e. The van der Waals surface area contributed by atoms with Crippen LogP contribution in [-0.2, 0) is 6.54 Å². The molecule has 2 rings (SSSR count). The van der Waals surface area contributed by atoms with Crippen LogP contribution in [-0.4, -0.2) is 49.1 Å². The van der Waals surface area contributed by atoms with Crippen LogP contribution in [0.1, 0.15) is 43.7 Å². The highest BCUT2D eigenvalue weighted by molar-refractivity contribution is 5.25. The summed E-state index contributed by atoms with van der Waals surface area (Å²) in [6.45, 7) is 9.90. The van der Waals surface area contributed by atoms with Gasteiger partial charge in [-0.05, 0) is 63.1 Å². The largest absolute Gasteiger partial charge is 0.330 e. The van der Waals surface area contributed by atoms with E-state index in [1.54, 1.807) is 0 Å². The fraction of sp³-hybridized carbons (Fsp3) is 0.667. The number of hydrogen-bond donors (Lipinski definition) is 1. The molecule has 1 aliphatic heterocycles. The van der Waals surface area contributed by atoms with Crippen molar-refractivity contribution in [2.24, 2.45) is 5.73 Å². The summed E-state index contributed by atoms with van der Waals surface area (Å²) < 4.78 is 0. The molecular formula is C18H31N3. The summed E-state index contributed by atoms with van der Waals surface area (Å²) in [5, 5.41) is 0. The number of hydrogen-bond acceptors (Lipinski definition) is 3. The van der Waals surface area contributed by atoms with Crippen molar-refractivity contribution in [2.75, 3.05) is 33.2 Å². The summed E-state index contributed by atoms with van der Waals surface area (Å²) in [6, 6.07) is 9.73. The summed E-state index contributed by atoms with van der Waals surface area (Å²) in [5.41, 5.74) is 8.48. The summed E-state index contributed by atoms with van der Waals surface area (Å²) >= 11 is 0. The third-order valence-corrected chi connectivity index (χ3v) is 4.96. The number of nitrogens with two attached hydrogens (primary N) is 1. The maximum Gasteiger partial charge on any atom is 0.0233 e. The zero-order chi connectivity index (χ0) is 15.2. The molecule has 0 amide bonds. The zero-order valence-corrected chi connectivity index (χ0v) is 13.9. The lowest BCUT2D eigenvalue weighted by Crippen LogP contribution is -2.42. The fourth-order valence-corrected chi connectivity index (χ4v) is 3.18. The van der Waals surface area contributed by atoms with Gasteiger partial charge in [-0.25, -0.2) is 0 Å². The molecule has 1 saturated heterocycles. The lowest BCUT2D eigenvalue weighted by atomic mass is 9.99. The van der Waals surface area contributed by atoms with E-state index < -0.39 is 0 Å². The van der Waals surface area contributed by atoms with Gasteiger partial charge in [0.25, 0.3) is 0 Å². The minimum atomic E-state index is 0.454. The van der Waals surface area contributed by atoms with Crippen LogP contribution < -0.4 is 5.73 Å². The molecule has 1 aromatic rings. The quantitative estimate of drug-likeness (QED) is 0.874. The van der Waals surface area contributed by atoms with Crippen LogP contribution in [0, 0.1) is 0 Å². The third-order valence-electron chi connectivity index (χ3n) is 4.96. The van der Waals surface area contributed by atoms with E-state index in [-0.39, 0.29) is 0 Å². The first-order valence-electron chi connectivity index (χ1n) is 8.35. The number of rotatable bonds is 6. The Balaban J connectivity index is 1.86. The van der Waals surface area contributed by atoms with Gasteiger partial charge >= 0.3 is 0 Å². The van der Waals surface area contributed by atoms with E-state index in [4.69, 9.17) is 5.73 Å². The maximum atomic E-state index is 5.73. The van der Waals surface area contributed by atoms with Crippen molar-refractivity contribution in [3.63, 3.8) is 0 Å². The molecule has 2 N–H and O–H groups in total. The summed E-state index contributed by atoms with van der Waals surface area (Å²) in [5.74, 6) is 0.454. The Morgan fingerprint density at radius 2 is 1.86 bits per heavy atom. The number of benzene rings is 1. The molecule has 1 heterocycles. The van der Waals surface area contributed by atoms with E-state index >= 15 is 0 Å². The van der Waals surface area contributed by atoms with Gasteiger partial charge < -0.3 is 10.6 Å². The number of piperidine rings is 1. The Morgan fingerprint density at radius 1 is 1.24 bits per heavy atom. The molecule has 0 spiro atoms. The normalized spacial score (nSPS) is 19.1. The first kappa shape index (κ1) is 16.5. The molecule has 0 bridgehead atoms. The van der Waals surface area contributed by atoms with Crippen LogP contribution in [0.2, 0.25) is 0 Å². The molecule has 1 unspecified atom stereocenters. The highest BCUT2D eigenvalue weighted by Gasteiger charge is 2.21. The predicted octanol–water partition coefficient (Wildman–Crippen LogP) is 2.66. The van der Waals surface area contributed by atoms with Crippen LogP contribution in [0.5, 0.6) is 0 Å². The fourth-order valence-electron chi connectivity index (χ4n) is 3.18. The molecule has 1 atom stereocenters. The molecule has 118 valence electrons. The molecular weight excluding hydrogens is 258 g/mol. The smallest absolute Gasteiger partial charge is 0.0233 e. The Morgan fingerprint density at radius 3 is 2.38 bits per heavy atom. The lowest BCUT2D eigenvalue weighted by Gasteiger charge is -2.36. The van der Waals surface area contributed by atoms with Crippen LogP contribution in [0.15, 0.2) is 24.3 Å². The van der Waals surface area contributed by atoms with Gasteiger partial charge in [0.2, 0.25) is 0 Å². The summed E-state index contributed by atoms with van der Waals surface area (Å²) in [4.78, 5) is 5.07. The van der Waals surface area contributed by atoms with Crippen molar-refractivity contribution >= 4 is 0 Å². The van der Waals surface area contributed by atoms with E-state index in [1.165, 1.54) is 43.6 Å². The van der Waals surface area contributed by atoms with E-state index in [1.807, 2.05) is 0 Å². The van der Waals surface area contributed by atoms with Crippen molar-refractivity contribution in [2.45, 2.75) is 45.2 Å². The zero-order valence-electron chi connectivity index (χ0n) is 13.9. The van der Waals surface area contributed by atoms with Crippen molar-refractivity contribution in [3.8, 4) is 0 Å².